The summed E-state index contributed by atoms with van der Waals surface area (Å²) in [5.74, 6) is 0.155. The first-order chi connectivity index (χ1) is 20.4. The Morgan fingerprint density at radius 1 is 0.905 bits per heavy atom. The minimum Gasteiger partial charge on any atom is -0.494 e. The molecule has 1 fully saturated rings. The maximum Gasteiger partial charge on any atom is 0.326 e. The second-order valence-electron chi connectivity index (χ2n) is 10.4. The third kappa shape index (κ3) is 9.51. The molecule has 0 bridgehead atoms. The Kier molecular flexibility index (Phi) is 11.2. The lowest BCUT2D eigenvalue weighted by Crippen LogP contribution is -2.44. The molecule has 1 aliphatic rings. The Morgan fingerprint density at radius 3 is 2.19 bits per heavy atom. The molecule has 0 aliphatic carbocycles. The molecule has 1 atom stereocenters. The van der Waals surface area contributed by atoms with Crippen molar-refractivity contribution in [1.29, 1.82) is 0 Å². The zero-order chi connectivity index (χ0) is 29.7. The Labute approximate surface area is 247 Å². The summed E-state index contributed by atoms with van der Waals surface area (Å²) < 4.78 is 11.2. The van der Waals surface area contributed by atoms with Crippen LogP contribution in [-0.4, -0.2) is 53.5 Å². The summed E-state index contributed by atoms with van der Waals surface area (Å²) >= 11 is 0. The fraction of sp³-hybridized carbons (Fsp3) is 0.324. The summed E-state index contributed by atoms with van der Waals surface area (Å²) in [6.45, 7) is 4.10. The van der Waals surface area contributed by atoms with Gasteiger partial charge in [-0.15, -0.1) is 0 Å². The van der Waals surface area contributed by atoms with Crippen molar-refractivity contribution in [2.75, 3.05) is 19.7 Å². The van der Waals surface area contributed by atoms with E-state index in [1.807, 2.05) is 73.7 Å². The van der Waals surface area contributed by atoms with E-state index >= 15 is 0 Å². The van der Waals surface area contributed by atoms with E-state index in [2.05, 4.69) is 5.32 Å². The van der Waals surface area contributed by atoms with Crippen LogP contribution in [0, 0.1) is 5.92 Å². The molecule has 1 aliphatic heterocycles. The van der Waals surface area contributed by atoms with Crippen LogP contribution in [0.5, 0.6) is 11.5 Å². The molecule has 4 rings (SSSR count). The van der Waals surface area contributed by atoms with Gasteiger partial charge in [0.15, 0.2) is 0 Å². The van der Waals surface area contributed by atoms with Crippen molar-refractivity contribution in [2.24, 2.45) is 5.92 Å². The lowest BCUT2D eigenvalue weighted by molar-refractivity contribution is -0.142. The van der Waals surface area contributed by atoms with E-state index in [1.165, 1.54) is 0 Å². The van der Waals surface area contributed by atoms with Gasteiger partial charge >= 0.3 is 5.97 Å². The SMILES string of the molecule is CCOc1ccc(C=CC(=O)N2CCC(CC(=O)NC(Cc3ccc(OCc4ccccc4)cc3)C(=O)O)CC2)cc1. The first-order valence-corrected chi connectivity index (χ1v) is 14.4. The number of amides is 2. The predicted molar refractivity (Wildman–Crippen MR) is 161 cm³/mol. The number of benzene rings is 3. The topological polar surface area (TPSA) is 105 Å². The van der Waals surface area contributed by atoms with Crippen LogP contribution < -0.4 is 14.8 Å². The lowest BCUT2D eigenvalue weighted by atomic mass is 9.93. The highest BCUT2D eigenvalue weighted by Crippen LogP contribution is 2.22. The number of nitrogens with zero attached hydrogens (tertiary/aromatic N) is 1. The first kappa shape index (κ1) is 30.4. The van der Waals surface area contributed by atoms with E-state index in [-0.39, 0.29) is 30.6 Å². The number of aliphatic carboxylic acids is 1. The molecule has 8 heteroatoms. The fourth-order valence-corrected chi connectivity index (χ4v) is 4.89. The maximum absolute atomic E-state index is 12.7. The highest BCUT2D eigenvalue weighted by Gasteiger charge is 2.26. The molecule has 3 aromatic carbocycles. The van der Waals surface area contributed by atoms with Gasteiger partial charge in [0, 0.05) is 32.0 Å². The molecule has 0 aromatic heterocycles. The quantitative estimate of drug-likeness (QED) is 0.277. The van der Waals surface area contributed by atoms with Crippen LogP contribution in [-0.2, 0) is 27.4 Å². The molecular formula is C34H38N2O6. The second-order valence-corrected chi connectivity index (χ2v) is 10.4. The third-order valence-electron chi connectivity index (χ3n) is 7.25. The summed E-state index contributed by atoms with van der Waals surface area (Å²) in [7, 11) is 0. The lowest BCUT2D eigenvalue weighted by Gasteiger charge is -2.31. The van der Waals surface area contributed by atoms with E-state index in [1.54, 1.807) is 29.2 Å². The smallest absolute Gasteiger partial charge is 0.326 e. The Hall–Kier alpha value is -4.59. The number of rotatable bonds is 13. The third-order valence-corrected chi connectivity index (χ3v) is 7.25. The van der Waals surface area contributed by atoms with Crippen molar-refractivity contribution in [3.63, 3.8) is 0 Å². The van der Waals surface area contributed by atoms with Gasteiger partial charge in [-0.2, -0.15) is 0 Å². The highest BCUT2D eigenvalue weighted by atomic mass is 16.5. The normalized spacial score (nSPS) is 14.4. The number of hydrogen-bond donors (Lipinski definition) is 2. The van der Waals surface area contributed by atoms with Crippen LogP contribution in [0.2, 0.25) is 0 Å². The molecule has 2 amide bonds. The number of ether oxygens (including phenoxy) is 2. The second kappa shape index (κ2) is 15.4. The van der Waals surface area contributed by atoms with Crippen LogP contribution in [0.15, 0.2) is 84.9 Å². The molecule has 220 valence electrons. The summed E-state index contributed by atoms with van der Waals surface area (Å²) in [6.07, 6.45) is 5.15. The van der Waals surface area contributed by atoms with Gasteiger partial charge in [0.2, 0.25) is 11.8 Å². The highest BCUT2D eigenvalue weighted by molar-refractivity contribution is 5.92. The van der Waals surface area contributed by atoms with Gasteiger partial charge in [-0.05, 0) is 72.7 Å². The molecule has 1 saturated heterocycles. The van der Waals surface area contributed by atoms with Crippen LogP contribution >= 0.6 is 0 Å². The van der Waals surface area contributed by atoms with Crippen molar-refractivity contribution in [3.05, 3.63) is 102 Å². The number of carbonyl (C=O) groups is 3. The number of carbonyl (C=O) groups excluding carboxylic acids is 2. The number of carboxylic acid groups (broad SMARTS) is 1. The number of carboxylic acids is 1. The van der Waals surface area contributed by atoms with Crippen molar-refractivity contribution in [1.82, 2.24) is 10.2 Å². The van der Waals surface area contributed by atoms with E-state index in [4.69, 9.17) is 9.47 Å². The minimum absolute atomic E-state index is 0.0609. The van der Waals surface area contributed by atoms with Crippen LogP contribution in [0.4, 0.5) is 0 Å². The Bertz CT molecular complexity index is 1330. The number of piperidine rings is 1. The molecular weight excluding hydrogens is 532 g/mol. The van der Waals surface area contributed by atoms with Crippen molar-refractivity contribution < 1.29 is 29.0 Å². The average molecular weight is 571 g/mol. The fourth-order valence-electron chi connectivity index (χ4n) is 4.89. The van der Waals surface area contributed by atoms with Gasteiger partial charge in [0.1, 0.15) is 24.1 Å². The van der Waals surface area contributed by atoms with E-state index in [9.17, 15) is 19.5 Å². The molecule has 2 N–H and O–H groups in total. The molecule has 1 heterocycles. The molecule has 1 unspecified atom stereocenters. The van der Waals surface area contributed by atoms with Crippen molar-refractivity contribution in [2.45, 2.75) is 45.3 Å². The maximum atomic E-state index is 12.7. The van der Waals surface area contributed by atoms with Gasteiger partial charge in [-0.3, -0.25) is 9.59 Å². The average Bonchev–Trinajstić information content (AvgIpc) is 3.01. The molecule has 8 nitrogen and oxygen atoms in total. The number of hydrogen-bond acceptors (Lipinski definition) is 5. The van der Waals surface area contributed by atoms with E-state index < -0.39 is 12.0 Å². The standard InChI is InChI=1S/C34H38N2O6/c1-2-41-29-13-8-25(9-14-29)12-17-33(38)36-20-18-27(19-21-36)23-32(37)35-31(34(39)40)22-26-10-15-30(16-11-26)42-24-28-6-4-3-5-7-28/h3-17,27,31H,2,18-24H2,1H3,(H,35,37)(H,39,40). The van der Waals surface area contributed by atoms with Crippen LogP contribution in [0.25, 0.3) is 6.08 Å². The van der Waals surface area contributed by atoms with Gasteiger partial charge in [0.25, 0.3) is 0 Å². The van der Waals surface area contributed by atoms with Gasteiger partial charge < -0.3 is 24.8 Å². The van der Waals surface area contributed by atoms with Crippen LogP contribution in [0.3, 0.4) is 0 Å². The van der Waals surface area contributed by atoms with Gasteiger partial charge in [-0.25, -0.2) is 4.79 Å². The minimum atomic E-state index is -1.08. The van der Waals surface area contributed by atoms with E-state index in [0.29, 0.717) is 44.9 Å². The monoisotopic (exact) mass is 570 g/mol. The summed E-state index contributed by atoms with van der Waals surface area (Å²) in [5, 5.41) is 12.4. The Balaban J connectivity index is 1.19. The number of nitrogens with one attached hydrogen (secondary N) is 1. The Morgan fingerprint density at radius 2 is 1.55 bits per heavy atom. The number of likely N-dealkylation sites (tertiary alicyclic amines) is 1. The van der Waals surface area contributed by atoms with Crippen molar-refractivity contribution >= 4 is 23.9 Å². The summed E-state index contributed by atoms with van der Waals surface area (Å²) in [5.41, 5.74) is 2.77. The molecule has 3 aromatic rings. The molecule has 0 spiro atoms. The van der Waals surface area contributed by atoms with E-state index in [0.717, 1.165) is 22.4 Å². The zero-order valence-corrected chi connectivity index (χ0v) is 23.9. The summed E-state index contributed by atoms with van der Waals surface area (Å²) in [4.78, 5) is 39.1. The van der Waals surface area contributed by atoms with Gasteiger partial charge in [0.05, 0.1) is 6.61 Å². The predicted octanol–water partition coefficient (Wildman–Crippen LogP) is 5.12. The van der Waals surface area contributed by atoms with Gasteiger partial charge in [-0.1, -0.05) is 54.6 Å². The molecule has 0 saturated carbocycles. The van der Waals surface area contributed by atoms with Crippen molar-refractivity contribution in [3.8, 4) is 11.5 Å². The zero-order valence-electron chi connectivity index (χ0n) is 23.9. The molecule has 42 heavy (non-hydrogen) atoms. The molecule has 0 radical (unpaired) electrons. The first-order valence-electron chi connectivity index (χ1n) is 14.4. The van der Waals surface area contributed by atoms with Crippen LogP contribution in [0.1, 0.15) is 42.9 Å². The largest absolute Gasteiger partial charge is 0.494 e. The summed E-state index contributed by atoms with van der Waals surface area (Å²) in [6, 6.07) is 23.6.